The van der Waals surface area contributed by atoms with Gasteiger partial charge in [-0.05, 0) is 31.5 Å². The predicted molar refractivity (Wildman–Crippen MR) is 91.7 cm³/mol. The van der Waals surface area contributed by atoms with E-state index in [-0.39, 0.29) is 24.7 Å². The lowest BCUT2D eigenvalue weighted by molar-refractivity contribution is -0.0351. The number of aryl methyl sites for hydroxylation is 1. The summed E-state index contributed by atoms with van der Waals surface area (Å²) in [5.41, 5.74) is 0.773. The summed E-state index contributed by atoms with van der Waals surface area (Å²) >= 11 is 0. The van der Waals surface area contributed by atoms with Crippen LogP contribution in [-0.4, -0.2) is 38.4 Å². The summed E-state index contributed by atoms with van der Waals surface area (Å²) in [5.74, 6) is 1.40. The van der Waals surface area contributed by atoms with Crippen molar-refractivity contribution in [3.05, 3.63) is 53.5 Å². The maximum atomic E-state index is 12.5. The van der Waals surface area contributed by atoms with E-state index in [1.807, 2.05) is 43.3 Å². The molecule has 2 aromatic rings. The number of amides is 1. The van der Waals surface area contributed by atoms with Gasteiger partial charge in [0.1, 0.15) is 18.1 Å². The van der Waals surface area contributed by atoms with Gasteiger partial charge in [0, 0.05) is 19.3 Å². The van der Waals surface area contributed by atoms with E-state index in [2.05, 4.69) is 5.32 Å². The fourth-order valence-corrected chi connectivity index (χ4v) is 2.88. The Balaban J connectivity index is 1.62. The van der Waals surface area contributed by atoms with Gasteiger partial charge in [0.15, 0.2) is 5.76 Å². The van der Waals surface area contributed by atoms with Crippen molar-refractivity contribution in [1.82, 2.24) is 5.32 Å². The molecule has 0 spiro atoms. The van der Waals surface area contributed by atoms with E-state index in [0.717, 1.165) is 17.7 Å². The zero-order valence-electron chi connectivity index (χ0n) is 14.5. The molecule has 1 aromatic carbocycles. The van der Waals surface area contributed by atoms with Gasteiger partial charge >= 0.3 is 0 Å². The van der Waals surface area contributed by atoms with Crippen molar-refractivity contribution >= 4 is 5.91 Å². The van der Waals surface area contributed by atoms with Crippen LogP contribution in [0.2, 0.25) is 0 Å². The van der Waals surface area contributed by atoms with Crippen LogP contribution < -0.4 is 10.1 Å². The van der Waals surface area contributed by atoms with Gasteiger partial charge in [-0.1, -0.05) is 18.2 Å². The van der Waals surface area contributed by atoms with Crippen molar-refractivity contribution in [1.29, 1.82) is 0 Å². The molecule has 1 N–H and O–H groups in total. The van der Waals surface area contributed by atoms with Crippen molar-refractivity contribution in [2.75, 3.05) is 20.3 Å². The first kappa shape index (κ1) is 17.5. The van der Waals surface area contributed by atoms with Crippen LogP contribution >= 0.6 is 0 Å². The molecule has 25 heavy (non-hydrogen) atoms. The number of carbonyl (C=O) groups excluding carboxylic acids is 1. The summed E-state index contributed by atoms with van der Waals surface area (Å²) in [6.45, 7) is 3.20. The molecule has 1 fully saturated rings. The topological polar surface area (TPSA) is 69.9 Å². The molecule has 2 heterocycles. The molecule has 3 rings (SSSR count). The zero-order chi connectivity index (χ0) is 17.6. The summed E-state index contributed by atoms with van der Waals surface area (Å²) in [7, 11) is 1.65. The van der Waals surface area contributed by atoms with Crippen LogP contribution in [0.3, 0.4) is 0 Å². The molecule has 0 saturated carbocycles. The number of hydrogen-bond acceptors (Lipinski definition) is 5. The van der Waals surface area contributed by atoms with Gasteiger partial charge in [0.2, 0.25) is 0 Å². The highest BCUT2D eigenvalue weighted by molar-refractivity contribution is 5.93. The molecule has 134 valence electrons. The Morgan fingerprint density at radius 2 is 2.12 bits per heavy atom. The second kappa shape index (κ2) is 8.18. The van der Waals surface area contributed by atoms with Crippen LogP contribution in [0.15, 0.2) is 40.8 Å². The highest BCUT2D eigenvalue weighted by atomic mass is 16.5. The van der Waals surface area contributed by atoms with E-state index >= 15 is 0 Å². The predicted octanol–water partition coefficient (Wildman–Crippen LogP) is 2.70. The normalized spacial score (nSPS) is 20.2. The first-order chi connectivity index (χ1) is 12.2. The van der Waals surface area contributed by atoms with Gasteiger partial charge in [-0.2, -0.15) is 0 Å². The number of para-hydroxylation sites is 1. The van der Waals surface area contributed by atoms with Crippen LogP contribution in [-0.2, 0) is 16.1 Å². The lowest BCUT2D eigenvalue weighted by Crippen LogP contribution is -2.50. The Labute approximate surface area is 147 Å². The van der Waals surface area contributed by atoms with Crippen molar-refractivity contribution < 1.29 is 23.4 Å². The van der Waals surface area contributed by atoms with Crippen molar-refractivity contribution in [3.63, 3.8) is 0 Å². The smallest absolute Gasteiger partial charge is 0.287 e. The minimum Gasteiger partial charge on any atom is -0.486 e. The van der Waals surface area contributed by atoms with E-state index in [1.165, 1.54) is 0 Å². The van der Waals surface area contributed by atoms with E-state index in [4.69, 9.17) is 18.6 Å². The Kier molecular flexibility index (Phi) is 5.73. The largest absolute Gasteiger partial charge is 0.486 e. The van der Waals surface area contributed by atoms with E-state index in [1.54, 1.807) is 7.11 Å². The summed E-state index contributed by atoms with van der Waals surface area (Å²) in [6, 6.07) is 11.1. The molecule has 0 aliphatic carbocycles. The average Bonchev–Trinajstić information content (AvgIpc) is 3.02. The molecule has 0 radical (unpaired) electrons. The maximum absolute atomic E-state index is 12.5. The van der Waals surface area contributed by atoms with Gasteiger partial charge in [-0.25, -0.2) is 0 Å². The van der Waals surface area contributed by atoms with Gasteiger partial charge in [-0.3, -0.25) is 4.79 Å². The van der Waals surface area contributed by atoms with Crippen molar-refractivity contribution in [3.8, 4) is 5.75 Å². The molecule has 1 amide bonds. The fourth-order valence-electron chi connectivity index (χ4n) is 2.88. The Hall–Kier alpha value is -2.31. The molecular formula is C19H23NO5. The molecule has 1 saturated heterocycles. The first-order valence-electron chi connectivity index (χ1n) is 8.36. The molecule has 2 unspecified atom stereocenters. The minimum absolute atomic E-state index is 0.0474. The van der Waals surface area contributed by atoms with Crippen molar-refractivity contribution in [2.24, 2.45) is 0 Å². The summed E-state index contributed by atoms with van der Waals surface area (Å²) < 4.78 is 22.2. The number of benzene rings is 1. The van der Waals surface area contributed by atoms with Crippen LogP contribution in [0.4, 0.5) is 0 Å². The van der Waals surface area contributed by atoms with Gasteiger partial charge in [0.25, 0.3) is 5.91 Å². The first-order valence-corrected chi connectivity index (χ1v) is 8.36. The number of nitrogens with one attached hydrogen (secondary N) is 1. The third kappa shape index (κ3) is 4.41. The van der Waals surface area contributed by atoms with E-state index < -0.39 is 0 Å². The van der Waals surface area contributed by atoms with Crippen LogP contribution in [0, 0.1) is 6.92 Å². The number of methoxy groups -OCH3 is 1. The number of ether oxygens (including phenoxy) is 3. The van der Waals surface area contributed by atoms with E-state index in [0.29, 0.717) is 24.7 Å². The van der Waals surface area contributed by atoms with Crippen LogP contribution in [0.1, 0.15) is 28.3 Å². The fraction of sp³-hybridized carbons (Fsp3) is 0.421. The molecule has 1 aliphatic rings. The van der Waals surface area contributed by atoms with Gasteiger partial charge in [-0.15, -0.1) is 0 Å². The summed E-state index contributed by atoms with van der Waals surface area (Å²) in [5, 5.41) is 2.94. The molecule has 1 aliphatic heterocycles. The molecule has 0 bridgehead atoms. The zero-order valence-corrected chi connectivity index (χ0v) is 14.5. The van der Waals surface area contributed by atoms with Crippen molar-refractivity contribution in [2.45, 2.75) is 32.1 Å². The van der Waals surface area contributed by atoms with Crippen LogP contribution in [0.25, 0.3) is 0 Å². The average molecular weight is 345 g/mol. The molecule has 2 atom stereocenters. The van der Waals surface area contributed by atoms with Crippen LogP contribution in [0.5, 0.6) is 5.75 Å². The molecule has 6 nitrogen and oxygen atoms in total. The van der Waals surface area contributed by atoms with Gasteiger partial charge < -0.3 is 23.9 Å². The standard InChI is InChI=1S/C19H23NO5/c1-13-10-15(11-24-14-6-4-3-5-7-14)25-18(13)19(21)20-16-12-23-9-8-17(16)22-2/h3-7,10,16-17H,8-9,11-12H2,1-2H3,(H,20,21). The monoisotopic (exact) mass is 345 g/mol. The number of rotatable bonds is 6. The number of hydrogen-bond donors (Lipinski definition) is 1. The third-order valence-corrected chi connectivity index (χ3v) is 4.21. The molecular weight excluding hydrogens is 322 g/mol. The quantitative estimate of drug-likeness (QED) is 0.872. The number of furan rings is 1. The lowest BCUT2D eigenvalue weighted by Gasteiger charge is -2.30. The SMILES string of the molecule is COC1CCOCC1NC(=O)c1oc(COc2ccccc2)cc1C. The maximum Gasteiger partial charge on any atom is 0.287 e. The van der Waals surface area contributed by atoms with E-state index in [9.17, 15) is 4.79 Å². The minimum atomic E-state index is -0.263. The Bertz CT molecular complexity index is 697. The third-order valence-electron chi connectivity index (χ3n) is 4.21. The second-order valence-corrected chi connectivity index (χ2v) is 6.04. The number of carbonyl (C=O) groups is 1. The lowest BCUT2D eigenvalue weighted by atomic mass is 10.1. The highest BCUT2D eigenvalue weighted by Gasteiger charge is 2.28. The Morgan fingerprint density at radius 3 is 2.88 bits per heavy atom. The second-order valence-electron chi connectivity index (χ2n) is 6.04. The highest BCUT2D eigenvalue weighted by Crippen LogP contribution is 2.19. The molecule has 1 aromatic heterocycles. The summed E-state index contributed by atoms with van der Waals surface area (Å²) in [4.78, 5) is 12.5. The summed E-state index contributed by atoms with van der Waals surface area (Å²) in [6.07, 6.45) is 0.711. The molecule has 6 heteroatoms. The van der Waals surface area contributed by atoms with Gasteiger partial charge in [0.05, 0.1) is 18.8 Å². The Morgan fingerprint density at radius 1 is 1.32 bits per heavy atom.